The number of carbonyl (C=O) groups is 1. The quantitative estimate of drug-likeness (QED) is 0.501. The molecule has 0 saturated carbocycles. The highest BCUT2D eigenvalue weighted by molar-refractivity contribution is 6.07. The summed E-state index contributed by atoms with van der Waals surface area (Å²) in [6.07, 6.45) is 3.49. The second kappa shape index (κ2) is 7.93. The van der Waals surface area contributed by atoms with Gasteiger partial charge in [-0.05, 0) is 29.3 Å². The Labute approximate surface area is 142 Å². The van der Waals surface area contributed by atoms with Gasteiger partial charge in [-0.25, -0.2) is 0 Å². The van der Waals surface area contributed by atoms with E-state index in [0.717, 1.165) is 17.8 Å². The number of anilines is 1. The second-order valence-corrected chi connectivity index (χ2v) is 5.49. The first kappa shape index (κ1) is 15.8. The number of nitrogens with one attached hydrogen (secondary N) is 1. The highest BCUT2D eigenvalue weighted by atomic mass is 16.1. The zero-order valence-electron chi connectivity index (χ0n) is 13.4. The van der Waals surface area contributed by atoms with E-state index in [1.807, 2.05) is 78.9 Å². The van der Waals surface area contributed by atoms with Crippen molar-refractivity contribution in [3.63, 3.8) is 0 Å². The standard InChI is InChI=1S/C22H19NO/c24-22(20-12-5-2-6-13-20)16-15-19-11-7-8-14-21(19)23-17-18-9-3-1-4-10-18/h1-16,23H,17H2. The van der Waals surface area contributed by atoms with Crippen molar-refractivity contribution < 1.29 is 4.79 Å². The summed E-state index contributed by atoms with van der Waals surface area (Å²) in [4.78, 5) is 12.2. The van der Waals surface area contributed by atoms with E-state index in [9.17, 15) is 4.79 Å². The Morgan fingerprint density at radius 2 is 1.42 bits per heavy atom. The molecule has 0 radical (unpaired) electrons. The SMILES string of the molecule is O=C(C=Cc1ccccc1NCc1ccccc1)c1ccccc1. The molecule has 3 rings (SSSR count). The van der Waals surface area contributed by atoms with Crippen LogP contribution >= 0.6 is 0 Å². The molecule has 0 bridgehead atoms. The first-order valence-electron chi connectivity index (χ1n) is 7.97. The molecule has 0 aliphatic rings. The van der Waals surface area contributed by atoms with Gasteiger partial charge in [-0.1, -0.05) is 78.9 Å². The van der Waals surface area contributed by atoms with E-state index in [1.54, 1.807) is 6.08 Å². The largest absolute Gasteiger partial charge is 0.380 e. The average Bonchev–Trinajstić information content (AvgIpc) is 2.66. The van der Waals surface area contributed by atoms with E-state index in [4.69, 9.17) is 0 Å². The summed E-state index contributed by atoms with van der Waals surface area (Å²) in [7, 11) is 0. The lowest BCUT2D eigenvalue weighted by Crippen LogP contribution is -2.00. The van der Waals surface area contributed by atoms with Gasteiger partial charge in [-0.15, -0.1) is 0 Å². The van der Waals surface area contributed by atoms with E-state index in [-0.39, 0.29) is 5.78 Å². The van der Waals surface area contributed by atoms with Crippen LogP contribution in [0.5, 0.6) is 0 Å². The van der Waals surface area contributed by atoms with Gasteiger partial charge in [0, 0.05) is 17.8 Å². The van der Waals surface area contributed by atoms with Crippen LogP contribution in [-0.4, -0.2) is 5.78 Å². The molecule has 2 heteroatoms. The summed E-state index contributed by atoms with van der Waals surface area (Å²) in [6, 6.07) is 27.5. The Morgan fingerprint density at radius 1 is 0.792 bits per heavy atom. The van der Waals surface area contributed by atoms with Crippen molar-refractivity contribution in [2.24, 2.45) is 0 Å². The topological polar surface area (TPSA) is 29.1 Å². The van der Waals surface area contributed by atoms with Crippen molar-refractivity contribution in [3.8, 4) is 0 Å². The van der Waals surface area contributed by atoms with E-state index < -0.39 is 0 Å². The number of hydrogen-bond acceptors (Lipinski definition) is 2. The van der Waals surface area contributed by atoms with Crippen LogP contribution in [0.1, 0.15) is 21.5 Å². The summed E-state index contributed by atoms with van der Waals surface area (Å²) in [6.45, 7) is 0.748. The molecule has 3 aromatic rings. The maximum absolute atomic E-state index is 12.2. The van der Waals surface area contributed by atoms with Crippen molar-refractivity contribution in [1.82, 2.24) is 0 Å². The zero-order chi connectivity index (χ0) is 16.6. The molecule has 0 saturated heterocycles. The van der Waals surface area contributed by atoms with Gasteiger partial charge in [-0.2, -0.15) is 0 Å². The van der Waals surface area contributed by atoms with Crippen molar-refractivity contribution >= 4 is 17.5 Å². The Morgan fingerprint density at radius 3 is 2.17 bits per heavy atom. The molecule has 0 spiro atoms. The van der Waals surface area contributed by atoms with Crippen LogP contribution in [0, 0.1) is 0 Å². The Bertz CT molecular complexity index is 823. The van der Waals surface area contributed by atoms with Crippen molar-refractivity contribution in [2.75, 3.05) is 5.32 Å². The number of rotatable bonds is 6. The fraction of sp³-hybridized carbons (Fsp3) is 0.0455. The molecular formula is C22H19NO. The van der Waals surface area contributed by atoms with Crippen LogP contribution in [0.3, 0.4) is 0 Å². The van der Waals surface area contributed by atoms with Crippen molar-refractivity contribution in [2.45, 2.75) is 6.54 Å². The fourth-order valence-corrected chi connectivity index (χ4v) is 2.46. The first-order chi connectivity index (χ1) is 11.8. The van der Waals surface area contributed by atoms with Gasteiger partial charge in [-0.3, -0.25) is 4.79 Å². The number of allylic oxidation sites excluding steroid dienone is 1. The minimum Gasteiger partial charge on any atom is -0.380 e. The molecule has 0 heterocycles. The van der Waals surface area contributed by atoms with Gasteiger partial charge in [0.1, 0.15) is 0 Å². The molecule has 0 atom stereocenters. The number of hydrogen-bond donors (Lipinski definition) is 1. The summed E-state index contributed by atoms with van der Waals surface area (Å²) in [5, 5.41) is 3.43. The van der Waals surface area contributed by atoms with Crippen LogP contribution in [0.2, 0.25) is 0 Å². The summed E-state index contributed by atoms with van der Waals surface area (Å²) < 4.78 is 0. The van der Waals surface area contributed by atoms with Gasteiger partial charge in [0.2, 0.25) is 0 Å². The Kier molecular flexibility index (Phi) is 5.21. The minimum atomic E-state index is 0.00784. The van der Waals surface area contributed by atoms with Gasteiger partial charge in [0.05, 0.1) is 0 Å². The third-order valence-corrected chi connectivity index (χ3v) is 3.76. The van der Waals surface area contributed by atoms with Crippen LogP contribution in [0.25, 0.3) is 6.08 Å². The monoisotopic (exact) mass is 313 g/mol. The maximum atomic E-state index is 12.2. The molecule has 2 nitrogen and oxygen atoms in total. The number of carbonyl (C=O) groups excluding carboxylic acids is 1. The van der Waals surface area contributed by atoms with Crippen LogP contribution in [0.4, 0.5) is 5.69 Å². The van der Waals surface area contributed by atoms with E-state index in [0.29, 0.717) is 5.56 Å². The van der Waals surface area contributed by atoms with Crippen LogP contribution < -0.4 is 5.32 Å². The maximum Gasteiger partial charge on any atom is 0.185 e. The summed E-state index contributed by atoms with van der Waals surface area (Å²) in [5.41, 5.74) is 3.93. The highest BCUT2D eigenvalue weighted by Crippen LogP contribution is 2.18. The van der Waals surface area contributed by atoms with Gasteiger partial charge in [0.15, 0.2) is 5.78 Å². The number of benzene rings is 3. The summed E-state index contributed by atoms with van der Waals surface area (Å²) >= 11 is 0. The molecule has 0 aromatic heterocycles. The molecule has 0 unspecified atom stereocenters. The normalized spacial score (nSPS) is 10.7. The van der Waals surface area contributed by atoms with Gasteiger partial charge >= 0.3 is 0 Å². The molecular weight excluding hydrogens is 294 g/mol. The highest BCUT2D eigenvalue weighted by Gasteiger charge is 2.02. The molecule has 24 heavy (non-hydrogen) atoms. The van der Waals surface area contributed by atoms with Crippen molar-refractivity contribution in [3.05, 3.63) is 108 Å². The van der Waals surface area contributed by atoms with Crippen LogP contribution in [0.15, 0.2) is 91.0 Å². The molecule has 0 fully saturated rings. The lowest BCUT2D eigenvalue weighted by Gasteiger charge is -2.09. The third-order valence-electron chi connectivity index (χ3n) is 3.76. The number of para-hydroxylation sites is 1. The molecule has 3 aromatic carbocycles. The number of ketones is 1. The Hall–Kier alpha value is -3.13. The van der Waals surface area contributed by atoms with E-state index in [1.165, 1.54) is 5.56 Å². The zero-order valence-corrected chi connectivity index (χ0v) is 13.4. The first-order valence-corrected chi connectivity index (χ1v) is 7.97. The average molecular weight is 313 g/mol. The van der Waals surface area contributed by atoms with Crippen molar-refractivity contribution in [1.29, 1.82) is 0 Å². The smallest absolute Gasteiger partial charge is 0.185 e. The lowest BCUT2D eigenvalue weighted by molar-refractivity contribution is 0.104. The van der Waals surface area contributed by atoms with Gasteiger partial charge < -0.3 is 5.32 Å². The van der Waals surface area contributed by atoms with Gasteiger partial charge in [0.25, 0.3) is 0 Å². The van der Waals surface area contributed by atoms with E-state index in [2.05, 4.69) is 17.4 Å². The summed E-state index contributed by atoms with van der Waals surface area (Å²) in [5.74, 6) is 0.00784. The minimum absolute atomic E-state index is 0.00784. The van der Waals surface area contributed by atoms with Crippen LogP contribution in [-0.2, 0) is 6.54 Å². The molecule has 0 aliphatic heterocycles. The lowest BCUT2D eigenvalue weighted by atomic mass is 10.1. The van der Waals surface area contributed by atoms with E-state index >= 15 is 0 Å². The fourth-order valence-electron chi connectivity index (χ4n) is 2.46. The molecule has 1 N–H and O–H groups in total. The Balaban J connectivity index is 1.72. The molecule has 0 amide bonds. The second-order valence-electron chi connectivity index (χ2n) is 5.49. The third kappa shape index (κ3) is 4.20. The molecule has 118 valence electrons. The molecule has 0 aliphatic carbocycles. The predicted octanol–water partition coefficient (Wildman–Crippen LogP) is 5.19. The predicted molar refractivity (Wildman–Crippen MR) is 100 cm³/mol.